The van der Waals surface area contributed by atoms with Crippen molar-refractivity contribution < 1.29 is 14.3 Å². The Morgan fingerprint density at radius 2 is 2.06 bits per heavy atom. The van der Waals surface area contributed by atoms with Crippen LogP contribution in [-0.2, 0) is 4.74 Å². The van der Waals surface area contributed by atoms with Crippen LogP contribution in [0.3, 0.4) is 0 Å². The van der Waals surface area contributed by atoms with Crippen LogP contribution < -0.4 is 4.74 Å². The van der Waals surface area contributed by atoms with Crippen LogP contribution in [0.1, 0.15) is 16.8 Å². The number of hydrogen-bond acceptors (Lipinski definition) is 4. The van der Waals surface area contributed by atoms with Gasteiger partial charge in [-0.05, 0) is 12.1 Å². The Kier molecular flexibility index (Phi) is 4.73. The summed E-state index contributed by atoms with van der Waals surface area (Å²) in [6, 6.07) is 7.38. The monoisotopic (exact) mass is 249 g/mol. The number of rotatable bonds is 5. The Morgan fingerprint density at radius 3 is 2.78 bits per heavy atom. The quantitative estimate of drug-likeness (QED) is 0.743. The summed E-state index contributed by atoms with van der Waals surface area (Å²) in [5.74, 6) is 0.795. The van der Waals surface area contributed by atoms with Crippen molar-refractivity contribution in [3.8, 4) is 5.75 Å². The molecule has 0 unspecified atom stereocenters. The number of ketones is 1. The zero-order valence-electron chi connectivity index (χ0n) is 10.7. The zero-order chi connectivity index (χ0) is 12.8. The molecule has 1 saturated heterocycles. The SMILES string of the molecule is COc1ccccc1C(=O)CCN1CCOCC1. The molecule has 1 aliphatic heterocycles. The molecule has 0 saturated carbocycles. The molecule has 1 heterocycles. The maximum atomic E-state index is 12.1. The number of carbonyl (C=O) groups excluding carboxylic acids is 1. The van der Waals surface area contributed by atoms with Crippen LogP contribution in [0, 0.1) is 0 Å². The van der Waals surface area contributed by atoms with Gasteiger partial charge in [-0.25, -0.2) is 0 Å². The molecule has 4 nitrogen and oxygen atoms in total. The molecule has 0 aliphatic carbocycles. The van der Waals surface area contributed by atoms with Crippen LogP contribution >= 0.6 is 0 Å². The standard InChI is InChI=1S/C14H19NO3/c1-17-14-5-3-2-4-12(14)13(16)6-7-15-8-10-18-11-9-15/h2-5H,6-11H2,1H3. The summed E-state index contributed by atoms with van der Waals surface area (Å²) in [6.07, 6.45) is 0.528. The molecule has 0 bridgehead atoms. The molecule has 18 heavy (non-hydrogen) atoms. The van der Waals surface area contributed by atoms with Crippen LogP contribution in [0.15, 0.2) is 24.3 Å². The molecule has 0 spiro atoms. The average molecular weight is 249 g/mol. The predicted molar refractivity (Wildman–Crippen MR) is 69.2 cm³/mol. The van der Waals surface area contributed by atoms with E-state index in [1.54, 1.807) is 7.11 Å². The summed E-state index contributed by atoms with van der Waals surface area (Å²) >= 11 is 0. The van der Waals surface area contributed by atoms with Crippen molar-refractivity contribution in [3.63, 3.8) is 0 Å². The minimum atomic E-state index is 0.138. The number of para-hydroxylation sites is 1. The number of benzene rings is 1. The van der Waals surface area contributed by atoms with Crippen molar-refractivity contribution in [1.29, 1.82) is 0 Å². The van der Waals surface area contributed by atoms with E-state index in [0.717, 1.165) is 32.8 Å². The molecule has 0 amide bonds. The number of nitrogens with zero attached hydrogens (tertiary/aromatic N) is 1. The Labute approximate surface area is 107 Å². The van der Waals surface area contributed by atoms with E-state index in [1.807, 2.05) is 24.3 Å². The third kappa shape index (κ3) is 3.31. The highest BCUT2D eigenvalue weighted by Crippen LogP contribution is 2.19. The summed E-state index contributed by atoms with van der Waals surface area (Å²) in [6.45, 7) is 4.16. The number of carbonyl (C=O) groups is 1. The number of ether oxygens (including phenoxy) is 2. The van der Waals surface area contributed by atoms with Crippen LogP contribution in [-0.4, -0.2) is 50.6 Å². The van der Waals surface area contributed by atoms with Gasteiger partial charge in [-0.15, -0.1) is 0 Å². The third-order valence-corrected chi connectivity index (χ3v) is 3.17. The normalized spacial score (nSPS) is 16.5. The molecular weight excluding hydrogens is 230 g/mol. The van der Waals surface area contributed by atoms with Crippen molar-refractivity contribution in [3.05, 3.63) is 29.8 Å². The van der Waals surface area contributed by atoms with E-state index < -0.39 is 0 Å². The summed E-state index contributed by atoms with van der Waals surface area (Å²) in [7, 11) is 1.59. The van der Waals surface area contributed by atoms with E-state index in [9.17, 15) is 4.79 Å². The fourth-order valence-corrected chi connectivity index (χ4v) is 2.09. The van der Waals surface area contributed by atoms with Crippen molar-refractivity contribution >= 4 is 5.78 Å². The van der Waals surface area contributed by atoms with Gasteiger partial charge in [0.25, 0.3) is 0 Å². The second kappa shape index (κ2) is 6.52. The first kappa shape index (κ1) is 13.1. The highest BCUT2D eigenvalue weighted by atomic mass is 16.5. The van der Waals surface area contributed by atoms with Gasteiger partial charge in [-0.1, -0.05) is 12.1 Å². The Bertz CT molecular complexity index is 400. The average Bonchev–Trinajstić information content (AvgIpc) is 2.45. The van der Waals surface area contributed by atoms with Gasteiger partial charge in [0.1, 0.15) is 5.75 Å². The van der Waals surface area contributed by atoms with Gasteiger partial charge in [0.2, 0.25) is 0 Å². The highest BCUT2D eigenvalue weighted by Gasteiger charge is 2.15. The fraction of sp³-hybridized carbons (Fsp3) is 0.500. The van der Waals surface area contributed by atoms with E-state index in [2.05, 4.69) is 4.90 Å². The highest BCUT2D eigenvalue weighted by molar-refractivity contribution is 5.98. The lowest BCUT2D eigenvalue weighted by Gasteiger charge is -2.26. The van der Waals surface area contributed by atoms with Gasteiger partial charge in [0, 0.05) is 26.1 Å². The van der Waals surface area contributed by atoms with Gasteiger partial charge in [-0.2, -0.15) is 0 Å². The summed E-state index contributed by atoms with van der Waals surface area (Å²) in [5.41, 5.74) is 0.674. The lowest BCUT2D eigenvalue weighted by atomic mass is 10.1. The fourth-order valence-electron chi connectivity index (χ4n) is 2.09. The van der Waals surface area contributed by atoms with Gasteiger partial charge >= 0.3 is 0 Å². The molecule has 2 rings (SSSR count). The predicted octanol–water partition coefficient (Wildman–Crippen LogP) is 1.60. The maximum absolute atomic E-state index is 12.1. The molecule has 0 N–H and O–H groups in total. The van der Waals surface area contributed by atoms with E-state index in [1.165, 1.54) is 0 Å². The van der Waals surface area contributed by atoms with Crippen molar-refractivity contribution in [1.82, 2.24) is 4.90 Å². The van der Waals surface area contributed by atoms with Gasteiger partial charge in [0.15, 0.2) is 5.78 Å². The smallest absolute Gasteiger partial charge is 0.167 e. The van der Waals surface area contributed by atoms with E-state index in [0.29, 0.717) is 17.7 Å². The second-order valence-electron chi connectivity index (χ2n) is 4.33. The van der Waals surface area contributed by atoms with Crippen LogP contribution in [0.2, 0.25) is 0 Å². The number of hydrogen-bond donors (Lipinski definition) is 0. The van der Waals surface area contributed by atoms with E-state index >= 15 is 0 Å². The molecule has 0 aromatic heterocycles. The van der Waals surface area contributed by atoms with Gasteiger partial charge in [-0.3, -0.25) is 9.69 Å². The molecule has 1 fully saturated rings. The lowest BCUT2D eigenvalue weighted by molar-refractivity contribution is 0.0370. The molecule has 1 aliphatic rings. The first-order chi connectivity index (χ1) is 8.81. The maximum Gasteiger partial charge on any atom is 0.167 e. The van der Waals surface area contributed by atoms with E-state index in [-0.39, 0.29) is 5.78 Å². The summed E-state index contributed by atoms with van der Waals surface area (Å²) in [4.78, 5) is 14.4. The molecule has 0 atom stereocenters. The molecule has 1 aromatic rings. The minimum Gasteiger partial charge on any atom is -0.496 e. The Morgan fingerprint density at radius 1 is 1.33 bits per heavy atom. The van der Waals surface area contributed by atoms with Crippen LogP contribution in [0.25, 0.3) is 0 Å². The number of methoxy groups -OCH3 is 1. The first-order valence-electron chi connectivity index (χ1n) is 6.27. The number of morpholine rings is 1. The van der Waals surface area contributed by atoms with Gasteiger partial charge < -0.3 is 9.47 Å². The zero-order valence-corrected chi connectivity index (χ0v) is 10.7. The van der Waals surface area contributed by atoms with Crippen molar-refractivity contribution in [2.45, 2.75) is 6.42 Å². The largest absolute Gasteiger partial charge is 0.496 e. The topological polar surface area (TPSA) is 38.8 Å². The first-order valence-corrected chi connectivity index (χ1v) is 6.27. The second-order valence-corrected chi connectivity index (χ2v) is 4.33. The van der Waals surface area contributed by atoms with Crippen LogP contribution in [0.5, 0.6) is 5.75 Å². The molecular formula is C14H19NO3. The molecule has 98 valence electrons. The Hall–Kier alpha value is -1.39. The summed E-state index contributed by atoms with van der Waals surface area (Å²) < 4.78 is 10.5. The van der Waals surface area contributed by atoms with Crippen molar-refractivity contribution in [2.75, 3.05) is 40.0 Å². The van der Waals surface area contributed by atoms with E-state index in [4.69, 9.17) is 9.47 Å². The van der Waals surface area contributed by atoms with Crippen LogP contribution in [0.4, 0.5) is 0 Å². The number of Topliss-reactive ketones (excluding diaryl/α,β-unsaturated/α-hetero) is 1. The summed E-state index contributed by atoms with van der Waals surface area (Å²) in [5, 5.41) is 0. The lowest BCUT2D eigenvalue weighted by Crippen LogP contribution is -2.37. The molecule has 1 aromatic carbocycles. The van der Waals surface area contributed by atoms with Gasteiger partial charge in [0.05, 0.1) is 25.9 Å². The third-order valence-electron chi connectivity index (χ3n) is 3.17. The molecule has 0 radical (unpaired) electrons. The minimum absolute atomic E-state index is 0.138. The van der Waals surface area contributed by atoms with Crippen molar-refractivity contribution in [2.24, 2.45) is 0 Å². The molecule has 4 heteroatoms. The Balaban J connectivity index is 1.90.